The van der Waals surface area contributed by atoms with E-state index in [1.165, 1.54) is 5.56 Å². The molecule has 2 N–H and O–H groups in total. The number of hydrogen-bond acceptors (Lipinski definition) is 2. The highest BCUT2D eigenvalue weighted by Crippen LogP contribution is 2.25. The average molecular weight is 300 g/mol. The minimum absolute atomic E-state index is 0.138. The van der Waals surface area contributed by atoms with Gasteiger partial charge in [-0.2, -0.15) is 0 Å². The highest BCUT2D eigenvalue weighted by molar-refractivity contribution is 5.95. The molecule has 0 aliphatic heterocycles. The SMILES string of the molecule is Cc1cc(C(=O)NCC(C)O)c(C)n1C(C)c1ccccc1. The first-order valence-electron chi connectivity index (χ1n) is 7.61. The summed E-state index contributed by atoms with van der Waals surface area (Å²) in [6.45, 7) is 8.02. The third kappa shape index (κ3) is 3.39. The summed E-state index contributed by atoms with van der Waals surface area (Å²) in [5.74, 6) is -0.138. The van der Waals surface area contributed by atoms with Crippen LogP contribution in [0.2, 0.25) is 0 Å². The van der Waals surface area contributed by atoms with E-state index >= 15 is 0 Å². The first-order valence-corrected chi connectivity index (χ1v) is 7.61. The smallest absolute Gasteiger partial charge is 0.253 e. The molecule has 0 radical (unpaired) electrons. The predicted molar refractivity (Wildman–Crippen MR) is 88.2 cm³/mol. The van der Waals surface area contributed by atoms with Crippen LogP contribution in [0.15, 0.2) is 36.4 Å². The van der Waals surface area contributed by atoms with Crippen LogP contribution in [0.4, 0.5) is 0 Å². The molecule has 4 nitrogen and oxygen atoms in total. The molecule has 0 spiro atoms. The fourth-order valence-electron chi connectivity index (χ4n) is 2.82. The number of carbonyl (C=O) groups excluding carboxylic acids is 1. The standard InChI is InChI=1S/C18H24N2O2/c1-12-10-17(18(22)19-11-13(2)21)15(4)20(12)14(3)16-8-6-5-7-9-16/h5-10,13-14,21H,11H2,1-4H3,(H,19,22). The predicted octanol–water partition coefficient (Wildman–Crippen LogP) is 2.82. The van der Waals surface area contributed by atoms with Gasteiger partial charge in [0.05, 0.1) is 17.7 Å². The van der Waals surface area contributed by atoms with Crippen molar-refractivity contribution in [2.75, 3.05) is 6.54 Å². The van der Waals surface area contributed by atoms with Gasteiger partial charge in [-0.1, -0.05) is 30.3 Å². The Hall–Kier alpha value is -2.07. The van der Waals surface area contributed by atoms with Crippen LogP contribution in [-0.4, -0.2) is 28.2 Å². The number of nitrogens with zero attached hydrogens (tertiary/aromatic N) is 1. The number of nitrogens with one attached hydrogen (secondary N) is 1. The van der Waals surface area contributed by atoms with E-state index in [1.54, 1.807) is 6.92 Å². The van der Waals surface area contributed by atoms with Gasteiger partial charge < -0.3 is 15.0 Å². The second-order valence-electron chi connectivity index (χ2n) is 5.80. The fraction of sp³-hybridized carbons (Fsp3) is 0.389. The van der Waals surface area contributed by atoms with Crippen LogP contribution in [0.1, 0.15) is 47.2 Å². The lowest BCUT2D eigenvalue weighted by atomic mass is 10.1. The van der Waals surface area contributed by atoms with Crippen molar-refractivity contribution in [3.63, 3.8) is 0 Å². The minimum atomic E-state index is -0.546. The van der Waals surface area contributed by atoms with Crippen molar-refractivity contribution < 1.29 is 9.90 Å². The van der Waals surface area contributed by atoms with Gasteiger partial charge in [0.25, 0.3) is 5.91 Å². The number of rotatable bonds is 5. The van der Waals surface area contributed by atoms with Crippen LogP contribution in [0.3, 0.4) is 0 Å². The van der Waals surface area contributed by atoms with E-state index in [0.717, 1.165) is 11.4 Å². The van der Waals surface area contributed by atoms with Crippen LogP contribution in [0, 0.1) is 13.8 Å². The summed E-state index contributed by atoms with van der Waals surface area (Å²) >= 11 is 0. The first kappa shape index (κ1) is 16.3. The molecule has 0 saturated carbocycles. The number of benzene rings is 1. The number of aromatic nitrogens is 1. The molecule has 2 aromatic rings. The van der Waals surface area contributed by atoms with Crippen molar-refractivity contribution in [2.45, 2.75) is 39.8 Å². The summed E-state index contributed by atoms with van der Waals surface area (Å²) in [5.41, 5.74) is 3.87. The summed E-state index contributed by atoms with van der Waals surface area (Å²) in [5, 5.41) is 12.1. The van der Waals surface area contributed by atoms with Gasteiger partial charge in [0, 0.05) is 17.9 Å². The molecule has 1 aromatic carbocycles. The Balaban J connectivity index is 2.29. The normalized spacial score (nSPS) is 13.7. The topological polar surface area (TPSA) is 54.3 Å². The van der Waals surface area contributed by atoms with E-state index in [4.69, 9.17) is 0 Å². The Kier molecular flexibility index (Phi) is 5.03. The highest BCUT2D eigenvalue weighted by atomic mass is 16.3. The number of aliphatic hydroxyl groups excluding tert-OH is 1. The Labute approximate surface area is 131 Å². The van der Waals surface area contributed by atoms with Crippen LogP contribution in [0.25, 0.3) is 0 Å². The molecule has 1 aromatic heterocycles. The second kappa shape index (κ2) is 6.79. The number of amides is 1. The summed E-state index contributed by atoms with van der Waals surface area (Å²) < 4.78 is 2.17. The van der Waals surface area contributed by atoms with Crippen molar-refractivity contribution in [1.29, 1.82) is 0 Å². The van der Waals surface area contributed by atoms with Gasteiger partial charge in [-0.15, -0.1) is 0 Å². The lowest BCUT2D eigenvalue weighted by Crippen LogP contribution is -2.30. The van der Waals surface area contributed by atoms with Gasteiger partial charge in [0.15, 0.2) is 0 Å². The molecule has 22 heavy (non-hydrogen) atoms. The third-order valence-corrected chi connectivity index (χ3v) is 3.96. The van der Waals surface area contributed by atoms with E-state index in [0.29, 0.717) is 5.56 Å². The second-order valence-corrected chi connectivity index (χ2v) is 5.80. The molecule has 1 heterocycles. The number of aliphatic hydroxyl groups is 1. The number of carbonyl (C=O) groups is 1. The van der Waals surface area contributed by atoms with Crippen molar-refractivity contribution in [3.05, 3.63) is 58.9 Å². The summed E-state index contributed by atoms with van der Waals surface area (Å²) in [7, 11) is 0. The molecule has 2 rings (SSSR count). The average Bonchev–Trinajstić information content (AvgIpc) is 2.80. The lowest BCUT2D eigenvalue weighted by molar-refractivity contribution is 0.0923. The zero-order valence-electron chi connectivity index (χ0n) is 13.6. The molecular formula is C18H24N2O2. The number of hydrogen-bond donors (Lipinski definition) is 2. The monoisotopic (exact) mass is 300 g/mol. The molecule has 118 valence electrons. The van der Waals surface area contributed by atoms with Crippen LogP contribution < -0.4 is 5.32 Å². The summed E-state index contributed by atoms with van der Waals surface area (Å²) in [4.78, 5) is 12.3. The fourth-order valence-corrected chi connectivity index (χ4v) is 2.82. The zero-order chi connectivity index (χ0) is 16.3. The quantitative estimate of drug-likeness (QED) is 0.892. The van der Waals surface area contributed by atoms with Crippen molar-refractivity contribution >= 4 is 5.91 Å². The lowest BCUT2D eigenvalue weighted by Gasteiger charge is -2.19. The van der Waals surface area contributed by atoms with Crippen molar-refractivity contribution in [3.8, 4) is 0 Å². The number of aryl methyl sites for hydroxylation is 1. The Morgan fingerprint density at radius 2 is 1.86 bits per heavy atom. The van der Waals surface area contributed by atoms with Crippen LogP contribution in [-0.2, 0) is 0 Å². The first-order chi connectivity index (χ1) is 10.4. The molecule has 4 heteroatoms. The van der Waals surface area contributed by atoms with Gasteiger partial charge in [0.1, 0.15) is 0 Å². The molecule has 0 aliphatic carbocycles. The van der Waals surface area contributed by atoms with E-state index in [2.05, 4.69) is 28.9 Å². The molecule has 2 atom stereocenters. The maximum atomic E-state index is 12.3. The maximum absolute atomic E-state index is 12.3. The maximum Gasteiger partial charge on any atom is 0.253 e. The third-order valence-electron chi connectivity index (χ3n) is 3.96. The molecule has 0 fully saturated rings. The summed E-state index contributed by atoms with van der Waals surface area (Å²) in [6, 6.07) is 12.3. The molecule has 0 saturated heterocycles. The van der Waals surface area contributed by atoms with Gasteiger partial charge in [-0.3, -0.25) is 4.79 Å². The molecule has 1 amide bonds. The van der Waals surface area contributed by atoms with E-state index in [9.17, 15) is 9.90 Å². The van der Waals surface area contributed by atoms with Gasteiger partial charge >= 0.3 is 0 Å². The van der Waals surface area contributed by atoms with Crippen molar-refractivity contribution in [1.82, 2.24) is 9.88 Å². The Morgan fingerprint density at radius 1 is 1.23 bits per heavy atom. The van der Waals surface area contributed by atoms with E-state index in [1.807, 2.05) is 38.1 Å². The van der Waals surface area contributed by atoms with Crippen LogP contribution in [0.5, 0.6) is 0 Å². The van der Waals surface area contributed by atoms with Crippen LogP contribution >= 0.6 is 0 Å². The summed E-state index contributed by atoms with van der Waals surface area (Å²) in [6.07, 6.45) is -0.546. The van der Waals surface area contributed by atoms with E-state index < -0.39 is 6.10 Å². The molecule has 0 aliphatic rings. The highest BCUT2D eigenvalue weighted by Gasteiger charge is 2.19. The van der Waals surface area contributed by atoms with Crippen molar-refractivity contribution in [2.24, 2.45) is 0 Å². The zero-order valence-corrected chi connectivity index (χ0v) is 13.6. The van der Waals surface area contributed by atoms with E-state index in [-0.39, 0.29) is 18.5 Å². The largest absolute Gasteiger partial charge is 0.392 e. The van der Waals surface area contributed by atoms with Gasteiger partial charge in [0.2, 0.25) is 0 Å². The Bertz CT molecular complexity index is 645. The Morgan fingerprint density at radius 3 is 2.45 bits per heavy atom. The molecular weight excluding hydrogens is 276 g/mol. The van der Waals surface area contributed by atoms with Gasteiger partial charge in [-0.05, 0) is 39.3 Å². The van der Waals surface area contributed by atoms with Gasteiger partial charge in [-0.25, -0.2) is 0 Å². The molecule has 2 unspecified atom stereocenters. The minimum Gasteiger partial charge on any atom is -0.392 e. The molecule has 0 bridgehead atoms.